The Balaban J connectivity index is 2.19. The lowest BCUT2D eigenvalue weighted by molar-refractivity contribution is -0.168. The van der Waals surface area contributed by atoms with Gasteiger partial charge in [-0.15, -0.1) is 0 Å². The fraction of sp³-hybridized carbons (Fsp3) is 0.464. The van der Waals surface area contributed by atoms with Crippen LogP contribution in [0.25, 0.3) is 0 Å². The molecule has 0 spiro atoms. The largest absolute Gasteiger partial charge is 0.481 e. The maximum absolute atomic E-state index is 15.6. The average molecular weight is 562 g/mol. The van der Waals surface area contributed by atoms with Gasteiger partial charge >= 0.3 is 18.3 Å². The molecule has 3 unspecified atom stereocenters. The van der Waals surface area contributed by atoms with Crippen LogP contribution >= 0.6 is 0 Å². The number of rotatable bonds is 5. The molecule has 3 rings (SSSR count). The molecule has 1 saturated heterocycles. The Bertz CT molecular complexity index is 1220. The minimum atomic E-state index is -4.68. The SMILES string of the molecule is CC(C)(C)C#CCN1C(c2ccc(C(F)(F)F)cc2)CC(F)(F)C(CC(=O)O)C1c1ccc(C(F)(F)F)cc1. The number of carboxylic acids is 1. The molecule has 0 aromatic heterocycles. The highest BCUT2D eigenvalue weighted by molar-refractivity contribution is 5.67. The van der Waals surface area contributed by atoms with E-state index in [2.05, 4.69) is 11.8 Å². The first kappa shape index (κ1) is 30.4. The van der Waals surface area contributed by atoms with Crippen LogP contribution < -0.4 is 0 Å². The van der Waals surface area contributed by atoms with E-state index in [1.54, 1.807) is 20.8 Å². The van der Waals surface area contributed by atoms with Gasteiger partial charge in [-0.1, -0.05) is 36.1 Å². The van der Waals surface area contributed by atoms with E-state index in [1.165, 1.54) is 4.90 Å². The molecule has 1 aliphatic heterocycles. The van der Waals surface area contributed by atoms with E-state index in [1.807, 2.05) is 0 Å². The molecular formula is C28H27F8NO2. The molecular weight excluding hydrogens is 534 g/mol. The number of halogens is 8. The van der Waals surface area contributed by atoms with E-state index in [9.17, 15) is 36.2 Å². The molecule has 2 aromatic rings. The first-order valence-electron chi connectivity index (χ1n) is 12.0. The molecule has 0 aliphatic carbocycles. The molecule has 0 saturated carbocycles. The molecule has 1 N–H and O–H groups in total. The van der Waals surface area contributed by atoms with Crippen molar-refractivity contribution in [3.8, 4) is 11.8 Å². The summed E-state index contributed by atoms with van der Waals surface area (Å²) in [6, 6.07) is 4.60. The van der Waals surface area contributed by atoms with Gasteiger partial charge < -0.3 is 5.11 Å². The molecule has 0 amide bonds. The molecule has 1 fully saturated rings. The summed E-state index contributed by atoms with van der Waals surface area (Å²) in [5, 5.41) is 9.44. The first-order chi connectivity index (χ1) is 17.8. The van der Waals surface area contributed by atoms with Gasteiger partial charge in [-0.3, -0.25) is 9.69 Å². The molecule has 3 nitrogen and oxygen atoms in total. The van der Waals surface area contributed by atoms with Gasteiger partial charge in [-0.2, -0.15) is 26.3 Å². The van der Waals surface area contributed by atoms with Crippen LogP contribution in [0, 0.1) is 23.2 Å². The summed E-state index contributed by atoms with van der Waals surface area (Å²) in [4.78, 5) is 13.1. The van der Waals surface area contributed by atoms with Crippen molar-refractivity contribution in [2.45, 2.75) is 64.0 Å². The summed E-state index contributed by atoms with van der Waals surface area (Å²) in [6.07, 6.45) is -11.2. The van der Waals surface area contributed by atoms with Crippen LogP contribution in [-0.2, 0) is 17.1 Å². The Labute approximate surface area is 220 Å². The second-order valence-electron chi connectivity index (χ2n) is 10.6. The molecule has 39 heavy (non-hydrogen) atoms. The van der Waals surface area contributed by atoms with E-state index in [-0.39, 0.29) is 17.7 Å². The van der Waals surface area contributed by atoms with E-state index in [0.717, 1.165) is 48.5 Å². The monoisotopic (exact) mass is 561 g/mol. The number of hydrogen-bond donors (Lipinski definition) is 1. The van der Waals surface area contributed by atoms with Crippen LogP contribution in [0.4, 0.5) is 35.1 Å². The van der Waals surface area contributed by atoms with Crippen LogP contribution in [0.2, 0.25) is 0 Å². The van der Waals surface area contributed by atoms with Crippen molar-refractivity contribution in [1.82, 2.24) is 4.90 Å². The van der Waals surface area contributed by atoms with Crippen LogP contribution in [0.3, 0.4) is 0 Å². The molecule has 11 heteroatoms. The quantitative estimate of drug-likeness (QED) is 0.297. The zero-order chi connectivity index (χ0) is 29.4. The Hall–Kier alpha value is -3.13. The van der Waals surface area contributed by atoms with Gasteiger partial charge in [0.2, 0.25) is 0 Å². The lowest BCUT2D eigenvalue weighted by Gasteiger charge is -2.49. The smallest absolute Gasteiger partial charge is 0.416 e. The number of benzene rings is 2. The number of nitrogens with zero attached hydrogens (tertiary/aromatic N) is 1. The van der Waals surface area contributed by atoms with E-state index in [4.69, 9.17) is 0 Å². The van der Waals surface area contributed by atoms with E-state index in [0.29, 0.717) is 0 Å². The van der Waals surface area contributed by atoms with Gasteiger partial charge in [0.05, 0.1) is 30.0 Å². The molecule has 0 radical (unpaired) electrons. The second kappa shape index (κ2) is 10.8. The summed E-state index contributed by atoms with van der Waals surface area (Å²) in [6.45, 7) is 5.23. The third-order valence-corrected chi connectivity index (χ3v) is 6.47. The van der Waals surface area contributed by atoms with Crippen LogP contribution in [0.1, 0.15) is 68.0 Å². The summed E-state index contributed by atoms with van der Waals surface area (Å²) in [7, 11) is 0. The zero-order valence-corrected chi connectivity index (χ0v) is 21.3. The number of carbonyl (C=O) groups is 1. The van der Waals surface area contributed by atoms with Gasteiger partial charge in [0.1, 0.15) is 0 Å². The van der Waals surface area contributed by atoms with Crippen molar-refractivity contribution in [1.29, 1.82) is 0 Å². The highest BCUT2D eigenvalue weighted by Crippen LogP contribution is 2.53. The standard InChI is InChI=1S/C28H27F8NO2/c1-25(2,3)13-4-14-37-22(17-5-9-19(10-6-17)27(31,32)33)16-26(29,30)21(15-23(38)39)24(37)18-7-11-20(12-8-18)28(34,35)36/h5-12,21-22,24H,14-16H2,1-3H3,(H,38,39). The fourth-order valence-corrected chi connectivity index (χ4v) is 4.73. The number of aliphatic carboxylic acids is 1. The summed E-state index contributed by atoms with van der Waals surface area (Å²) < 4.78 is 110. The summed E-state index contributed by atoms with van der Waals surface area (Å²) >= 11 is 0. The number of piperidine rings is 1. The fourth-order valence-electron chi connectivity index (χ4n) is 4.73. The van der Waals surface area contributed by atoms with Crippen LogP contribution in [-0.4, -0.2) is 28.4 Å². The van der Waals surface area contributed by atoms with Gasteiger partial charge in [-0.05, 0) is 56.2 Å². The number of carboxylic acid groups (broad SMARTS) is 1. The molecule has 1 aliphatic rings. The number of likely N-dealkylation sites (tertiary alicyclic amines) is 1. The highest BCUT2D eigenvalue weighted by atomic mass is 19.4. The van der Waals surface area contributed by atoms with Gasteiger partial charge in [-0.25, -0.2) is 8.78 Å². The van der Waals surface area contributed by atoms with Crippen LogP contribution in [0.5, 0.6) is 0 Å². The molecule has 2 aromatic carbocycles. The minimum Gasteiger partial charge on any atom is -0.481 e. The predicted molar refractivity (Wildman–Crippen MR) is 128 cm³/mol. The Morgan fingerprint density at radius 3 is 1.77 bits per heavy atom. The lowest BCUT2D eigenvalue weighted by Crippen LogP contribution is -2.51. The van der Waals surface area contributed by atoms with Crippen molar-refractivity contribution < 1.29 is 45.0 Å². The summed E-state index contributed by atoms with van der Waals surface area (Å²) in [5.74, 6) is -1.13. The Morgan fingerprint density at radius 2 is 1.36 bits per heavy atom. The maximum atomic E-state index is 15.6. The molecule has 0 bridgehead atoms. The third-order valence-electron chi connectivity index (χ3n) is 6.47. The van der Waals surface area contributed by atoms with Gasteiger partial charge in [0.15, 0.2) is 0 Å². The normalized spacial score (nSPS) is 22.2. The minimum absolute atomic E-state index is 0.0168. The van der Waals surface area contributed by atoms with E-state index < -0.39 is 71.6 Å². The molecule has 212 valence electrons. The van der Waals surface area contributed by atoms with Crippen molar-refractivity contribution in [3.05, 3.63) is 70.8 Å². The highest BCUT2D eigenvalue weighted by Gasteiger charge is 2.55. The number of alkyl halides is 8. The average Bonchev–Trinajstić information content (AvgIpc) is 2.79. The molecule has 3 atom stereocenters. The van der Waals surface area contributed by atoms with E-state index >= 15 is 8.78 Å². The van der Waals surface area contributed by atoms with Gasteiger partial charge in [0, 0.05) is 23.9 Å². The van der Waals surface area contributed by atoms with Crippen LogP contribution in [0.15, 0.2) is 48.5 Å². The second-order valence-corrected chi connectivity index (χ2v) is 10.6. The third kappa shape index (κ3) is 7.50. The Kier molecular flexibility index (Phi) is 8.42. The first-order valence-corrected chi connectivity index (χ1v) is 12.0. The van der Waals surface area contributed by atoms with Crippen molar-refractivity contribution in [3.63, 3.8) is 0 Å². The van der Waals surface area contributed by atoms with Gasteiger partial charge in [0.25, 0.3) is 5.92 Å². The van der Waals surface area contributed by atoms with Crippen molar-refractivity contribution >= 4 is 5.97 Å². The maximum Gasteiger partial charge on any atom is 0.416 e. The molecule has 1 heterocycles. The van der Waals surface area contributed by atoms with Crippen molar-refractivity contribution in [2.75, 3.05) is 6.54 Å². The predicted octanol–water partition coefficient (Wildman–Crippen LogP) is 7.99. The lowest BCUT2D eigenvalue weighted by atomic mass is 9.75. The zero-order valence-electron chi connectivity index (χ0n) is 21.3. The summed E-state index contributed by atoms with van der Waals surface area (Å²) in [5.41, 5.74) is -2.35. The topological polar surface area (TPSA) is 40.5 Å². The Morgan fingerprint density at radius 1 is 0.897 bits per heavy atom. The van der Waals surface area contributed by atoms with Crippen molar-refractivity contribution in [2.24, 2.45) is 11.3 Å². The number of hydrogen-bond acceptors (Lipinski definition) is 2.